The van der Waals surface area contributed by atoms with Crippen LogP contribution in [0.3, 0.4) is 0 Å². The zero-order chi connectivity index (χ0) is 16.1. The molecule has 1 aromatic carbocycles. The highest BCUT2D eigenvalue weighted by atomic mass is 16.6. The Morgan fingerprint density at radius 2 is 2.27 bits per heavy atom. The lowest BCUT2D eigenvalue weighted by atomic mass is 9.95. The third-order valence-electron chi connectivity index (χ3n) is 4.37. The van der Waals surface area contributed by atoms with Crippen molar-refractivity contribution >= 4 is 5.69 Å². The van der Waals surface area contributed by atoms with Crippen LogP contribution in [0.25, 0.3) is 0 Å². The number of benzene rings is 1. The first-order valence-corrected chi connectivity index (χ1v) is 7.80. The molecule has 0 amide bonds. The summed E-state index contributed by atoms with van der Waals surface area (Å²) in [5.74, 6) is 0.654. The number of hydrogen-bond acceptors (Lipinski definition) is 5. The SMILES string of the molecule is CCC(O)C1CCCCN1Cc1cc([N+](=O)[O-])ccc1OC. The van der Waals surface area contributed by atoms with Crippen LogP contribution in [0, 0.1) is 10.1 Å². The molecule has 1 aliphatic rings. The summed E-state index contributed by atoms with van der Waals surface area (Å²) in [7, 11) is 1.57. The van der Waals surface area contributed by atoms with Gasteiger partial charge in [0, 0.05) is 30.3 Å². The van der Waals surface area contributed by atoms with E-state index in [0.29, 0.717) is 18.7 Å². The van der Waals surface area contributed by atoms with E-state index < -0.39 is 4.92 Å². The van der Waals surface area contributed by atoms with Crippen LogP contribution >= 0.6 is 0 Å². The van der Waals surface area contributed by atoms with Gasteiger partial charge in [-0.2, -0.15) is 0 Å². The molecule has 0 aromatic heterocycles. The number of rotatable bonds is 6. The monoisotopic (exact) mass is 308 g/mol. The lowest BCUT2D eigenvalue weighted by molar-refractivity contribution is -0.385. The van der Waals surface area contributed by atoms with Gasteiger partial charge in [0.2, 0.25) is 0 Å². The average Bonchev–Trinajstić information content (AvgIpc) is 2.54. The van der Waals surface area contributed by atoms with Crippen molar-refractivity contribution in [3.05, 3.63) is 33.9 Å². The maximum Gasteiger partial charge on any atom is 0.270 e. The minimum Gasteiger partial charge on any atom is -0.496 e. The molecular weight excluding hydrogens is 284 g/mol. The fraction of sp³-hybridized carbons (Fsp3) is 0.625. The number of aliphatic hydroxyl groups is 1. The molecule has 0 spiro atoms. The fourth-order valence-corrected chi connectivity index (χ4v) is 3.14. The van der Waals surface area contributed by atoms with Gasteiger partial charge in [0.15, 0.2) is 0 Å². The third kappa shape index (κ3) is 3.75. The van der Waals surface area contributed by atoms with Crippen molar-refractivity contribution < 1.29 is 14.8 Å². The Kier molecular flexibility index (Phi) is 5.74. The van der Waals surface area contributed by atoms with Crippen molar-refractivity contribution in [1.82, 2.24) is 4.90 Å². The van der Waals surface area contributed by atoms with Crippen molar-refractivity contribution in [1.29, 1.82) is 0 Å². The number of nitro benzene ring substituents is 1. The van der Waals surface area contributed by atoms with E-state index in [1.807, 2.05) is 6.92 Å². The van der Waals surface area contributed by atoms with Gasteiger partial charge in [0.25, 0.3) is 5.69 Å². The number of nitrogens with zero attached hydrogens (tertiary/aromatic N) is 2. The van der Waals surface area contributed by atoms with Crippen LogP contribution in [0.15, 0.2) is 18.2 Å². The van der Waals surface area contributed by atoms with Gasteiger partial charge in [-0.25, -0.2) is 0 Å². The first kappa shape index (κ1) is 16.7. The molecule has 22 heavy (non-hydrogen) atoms. The number of ether oxygens (including phenoxy) is 1. The predicted octanol–water partition coefficient (Wildman–Crippen LogP) is 2.73. The van der Waals surface area contributed by atoms with Gasteiger partial charge in [0.1, 0.15) is 5.75 Å². The molecule has 6 nitrogen and oxygen atoms in total. The Morgan fingerprint density at radius 3 is 2.91 bits per heavy atom. The number of likely N-dealkylation sites (tertiary alicyclic amines) is 1. The van der Waals surface area contributed by atoms with Crippen molar-refractivity contribution in [2.24, 2.45) is 0 Å². The van der Waals surface area contributed by atoms with Crippen molar-refractivity contribution in [2.75, 3.05) is 13.7 Å². The topological polar surface area (TPSA) is 75.8 Å². The molecule has 1 aliphatic heterocycles. The van der Waals surface area contributed by atoms with E-state index in [1.54, 1.807) is 19.2 Å². The second kappa shape index (κ2) is 7.56. The van der Waals surface area contributed by atoms with Gasteiger partial charge in [0.05, 0.1) is 18.1 Å². The Hall–Kier alpha value is -1.66. The summed E-state index contributed by atoms with van der Waals surface area (Å²) >= 11 is 0. The Bertz CT molecular complexity index is 521. The molecule has 1 heterocycles. The van der Waals surface area contributed by atoms with Gasteiger partial charge in [-0.05, 0) is 31.9 Å². The summed E-state index contributed by atoms with van der Waals surface area (Å²) in [5, 5.41) is 21.2. The smallest absolute Gasteiger partial charge is 0.270 e. The number of hydrogen-bond donors (Lipinski definition) is 1. The van der Waals surface area contributed by atoms with E-state index >= 15 is 0 Å². The van der Waals surface area contributed by atoms with Crippen LogP contribution in [-0.4, -0.2) is 40.7 Å². The summed E-state index contributed by atoms with van der Waals surface area (Å²) in [5.41, 5.74) is 0.868. The lowest BCUT2D eigenvalue weighted by Gasteiger charge is -2.38. The molecule has 2 unspecified atom stereocenters. The molecule has 122 valence electrons. The van der Waals surface area contributed by atoms with E-state index in [2.05, 4.69) is 4.90 Å². The van der Waals surface area contributed by atoms with E-state index in [4.69, 9.17) is 4.74 Å². The van der Waals surface area contributed by atoms with Crippen LogP contribution < -0.4 is 4.74 Å². The molecule has 0 radical (unpaired) electrons. The Labute approximate surface area is 130 Å². The first-order chi connectivity index (χ1) is 10.6. The summed E-state index contributed by atoms with van der Waals surface area (Å²) in [6.45, 7) is 3.44. The summed E-state index contributed by atoms with van der Waals surface area (Å²) in [6.07, 6.45) is 3.53. The average molecular weight is 308 g/mol. The molecular formula is C16H24N2O4. The van der Waals surface area contributed by atoms with Crippen molar-refractivity contribution in [3.63, 3.8) is 0 Å². The number of methoxy groups -OCH3 is 1. The van der Waals surface area contributed by atoms with Crippen LogP contribution in [0.1, 0.15) is 38.2 Å². The lowest BCUT2D eigenvalue weighted by Crippen LogP contribution is -2.46. The highest BCUT2D eigenvalue weighted by molar-refractivity contribution is 5.43. The quantitative estimate of drug-likeness (QED) is 0.646. The molecule has 0 bridgehead atoms. The van der Waals surface area contributed by atoms with Crippen molar-refractivity contribution in [2.45, 2.75) is 51.3 Å². The largest absolute Gasteiger partial charge is 0.496 e. The molecule has 0 saturated carbocycles. The molecule has 2 atom stereocenters. The van der Waals surface area contributed by atoms with Crippen LogP contribution in [0.4, 0.5) is 5.69 Å². The van der Waals surface area contributed by atoms with Gasteiger partial charge in [-0.15, -0.1) is 0 Å². The van der Waals surface area contributed by atoms with E-state index in [-0.39, 0.29) is 17.8 Å². The number of aliphatic hydroxyl groups excluding tert-OH is 1. The Balaban J connectivity index is 2.23. The first-order valence-electron chi connectivity index (χ1n) is 7.80. The summed E-state index contributed by atoms with van der Waals surface area (Å²) in [6, 6.07) is 4.78. The molecule has 1 fully saturated rings. The zero-order valence-electron chi connectivity index (χ0n) is 13.2. The molecule has 1 N–H and O–H groups in total. The third-order valence-corrected chi connectivity index (χ3v) is 4.37. The molecule has 1 aromatic rings. The maximum atomic E-state index is 11.0. The Morgan fingerprint density at radius 1 is 1.50 bits per heavy atom. The molecule has 1 saturated heterocycles. The summed E-state index contributed by atoms with van der Waals surface area (Å²) < 4.78 is 5.33. The normalized spacial score (nSPS) is 20.6. The highest BCUT2D eigenvalue weighted by Gasteiger charge is 2.28. The number of nitro groups is 1. The molecule has 2 rings (SSSR count). The van der Waals surface area contributed by atoms with Crippen LogP contribution in [0.2, 0.25) is 0 Å². The van der Waals surface area contributed by atoms with Crippen molar-refractivity contribution in [3.8, 4) is 5.75 Å². The van der Waals surface area contributed by atoms with Crippen LogP contribution in [-0.2, 0) is 6.54 Å². The predicted molar refractivity (Wildman–Crippen MR) is 84.0 cm³/mol. The van der Waals surface area contributed by atoms with Gasteiger partial charge >= 0.3 is 0 Å². The highest BCUT2D eigenvalue weighted by Crippen LogP contribution is 2.29. The maximum absolute atomic E-state index is 11.0. The minimum atomic E-state index is -0.391. The van der Waals surface area contributed by atoms with E-state index in [1.165, 1.54) is 6.07 Å². The van der Waals surface area contributed by atoms with Gasteiger partial charge in [-0.3, -0.25) is 15.0 Å². The van der Waals surface area contributed by atoms with E-state index in [9.17, 15) is 15.2 Å². The second-order valence-corrected chi connectivity index (χ2v) is 5.76. The van der Waals surface area contributed by atoms with Gasteiger partial charge < -0.3 is 9.84 Å². The molecule has 0 aliphatic carbocycles. The standard InChI is InChI=1S/C16H24N2O4/c1-3-15(19)14-6-4-5-9-17(14)11-12-10-13(18(20)21)7-8-16(12)22-2/h7-8,10,14-15,19H,3-6,9,11H2,1-2H3. The zero-order valence-corrected chi connectivity index (χ0v) is 13.2. The minimum absolute atomic E-state index is 0.0698. The van der Waals surface area contributed by atoms with Crippen LogP contribution in [0.5, 0.6) is 5.75 Å². The second-order valence-electron chi connectivity index (χ2n) is 5.76. The van der Waals surface area contributed by atoms with Gasteiger partial charge in [-0.1, -0.05) is 13.3 Å². The summed E-state index contributed by atoms with van der Waals surface area (Å²) in [4.78, 5) is 12.8. The molecule has 6 heteroatoms. The fourth-order valence-electron chi connectivity index (χ4n) is 3.14. The number of non-ortho nitro benzene ring substituents is 1. The van der Waals surface area contributed by atoms with E-state index in [0.717, 1.165) is 31.4 Å². The number of piperidine rings is 1.